The fraction of sp³-hybridized carbons (Fsp3) is 0.917. The van der Waals surface area contributed by atoms with Crippen LogP contribution in [0.1, 0.15) is 6.92 Å². The fourth-order valence-corrected chi connectivity index (χ4v) is 109. The third-order valence-electron chi connectivity index (χ3n) is 4.42. The topological polar surface area (TPSA) is 29.4 Å². The zero-order valence-corrected chi connectivity index (χ0v) is 17.9. The van der Waals surface area contributed by atoms with E-state index in [0.29, 0.717) is 0 Å². The number of hydrogen-bond acceptors (Lipinski definition) is 2. The number of aliphatic imine (C=N–C) groups is 1. The van der Waals surface area contributed by atoms with E-state index in [-0.39, 0.29) is 5.67 Å². The average Bonchev–Trinajstić information content (AvgIpc) is 1.94. The molecule has 0 aromatic carbocycles. The second kappa shape index (κ2) is 5.32. The van der Waals surface area contributed by atoms with Crippen LogP contribution < -0.4 is 0 Å². The maximum absolute atomic E-state index is 10.8. The predicted molar refractivity (Wildman–Crippen MR) is 93.4 cm³/mol. The van der Waals surface area contributed by atoms with Crippen LogP contribution in [0.4, 0.5) is 0 Å². The molecule has 0 heterocycles. The molecule has 106 valence electrons. The van der Waals surface area contributed by atoms with Crippen LogP contribution in [0.5, 0.6) is 0 Å². The monoisotopic (exact) mass is 317 g/mol. The first-order valence-electron chi connectivity index (χ1n) is 6.80. The quantitative estimate of drug-likeness (QED) is 0.429. The van der Waals surface area contributed by atoms with Crippen LogP contribution in [0.25, 0.3) is 0 Å². The Balaban J connectivity index is 6.35. The molecule has 2 nitrogen and oxygen atoms in total. The van der Waals surface area contributed by atoms with Gasteiger partial charge in [0.2, 0.25) is 6.08 Å². The Labute approximate surface area is 117 Å². The van der Waals surface area contributed by atoms with E-state index in [2.05, 4.69) is 70.8 Å². The Bertz CT molecular complexity index is 307. The van der Waals surface area contributed by atoms with Gasteiger partial charge in [-0.15, -0.1) is 0 Å². The second-order valence-corrected chi connectivity index (χ2v) is 49.5. The Morgan fingerprint density at radius 1 is 0.778 bits per heavy atom. The lowest BCUT2D eigenvalue weighted by atomic mass is 10.8. The average molecular weight is 318 g/mol. The highest BCUT2D eigenvalue weighted by Gasteiger charge is 2.64. The normalized spacial score (nSPS) is 16.1. The molecule has 6 heteroatoms. The van der Waals surface area contributed by atoms with Crippen LogP contribution in [0, 0.1) is 0 Å². The second-order valence-electron chi connectivity index (χ2n) is 8.45. The lowest BCUT2D eigenvalue weighted by Gasteiger charge is -2.59. The highest BCUT2D eigenvalue weighted by atomic mass is 29.9. The first kappa shape index (κ1) is 18.2. The van der Waals surface area contributed by atoms with E-state index in [9.17, 15) is 4.79 Å². The minimum absolute atomic E-state index is 0.264. The summed E-state index contributed by atoms with van der Waals surface area (Å²) in [6.07, 6.45) is 1.87. The maximum atomic E-state index is 10.8. The standard InChI is InChI=1S/C12H31NOSi4/c1-12(13-11-14)18(15(2,3)4,16(5,6)7)17(8,9)10/h12H,1-10H3. The number of nitrogens with zero attached hydrogens (tertiary/aromatic N) is 1. The van der Waals surface area contributed by atoms with Crippen molar-refractivity contribution in [3.63, 3.8) is 0 Å². The zero-order valence-electron chi connectivity index (χ0n) is 13.9. The van der Waals surface area contributed by atoms with Gasteiger partial charge in [0.1, 0.15) is 0 Å². The van der Waals surface area contributed by atoms with Crippen LogP contribution in [0.3, 0.4) is 0 Å². The Hall–Kier alpha value is 0.248. The lowest BCUT2D eigenvalue weighted by molar-refractivity contribution is 0.562. The van der Waals surface area contributed by atoms with Gasteiger partial charge in [-0.05, 0) is 6.92 Å². The summed E-state index contributed by atoms with van der Waals surface area (Å²) in [6, 6.07) is 0. The predicted octanol–water partition coefficient (Wildman–Crippen LogP) is 3.95. The summed E-state index contributed by atoms with van der Waals surface area (Å²) >= 11 is 0. The van der Waals surface area contributed by atoms with Crippen LogP contribution in [-0.4, -0.2) is 41.1 Å². The number of hydrogen-bond donors (Lipinski definition) is 0. The van der Waals surface area contributed by atoms with Gasteiger partial charge in [-0.2, -0.15) is 0 Å². The van der Waals surface area contributed by atoms with Gasteiger partial charge in [-0.1, -0.05) is 58.9 Å². The SMILES string of the molecule is CC(N=C=O)[Si]([Si](C)(C)C)([Si](C)(C)C)[Si](C)(C)C. The minimum Gasteiger partial charge on any atom is -0.211 e. The van der Waals surface area contributed by atoms with E-state index in [4.69, 9.17) is 0 Å². The number of rotatable bonds is 5. The van der Waals surface area contributed by atoms with E-state index in [1.165, 1.54) is 0 Å². The number of carbonyl (C=O) groups excluding carboxylic acids is 1. The molecule has 0 aliphatic rings. The van der Waals surface area contributed by atoms with Gasteiger partial charge in [-0.3, -0.25) is 0 Å². The van der Waals surface area contributed by atoms with Crippen LogP contribution in [0.15, 0.2) is 4.99 Å². The molecule has 0 aliphatic carbocycles. The molecule has 0 fully saturated rings. The number of isocyanates is 1. The summed E-state index contributed by atoms with van der Waals surface area (Å²) in [5.74, 6) is 0. The summed E-state index contributed by atoms with van der Waals surface area (Å²) < 4.78 is 0. The third-order valence-corrected chi connectivity index (χ3v) is 78.5. The van der Waals surface area contributed by atoms with Crippen LogP contribution in [0.2, 0.25) is 58.9 Å². The molecule has 1 unspecified atom stereocenters. The molecule has 0 amide bonds. The molecule has 0 rings (SSSR count). The van der Waals surface area contributed by atoms with E-state index >= 15 is 0 Å². The molecule has 0 aromatic rings. The molecule has 0 spiro atoms. The van der Waals surface area contributed by atoms with Crippen molar-refractivity contribution in [3.8, 4) is 0 Å². The lowest BCUT2D eigenvalue weighted by Crippen LogP contribution is -2.87. The molecule has 1 atom stereocenters. The molecule has 18 heavy (non-hydrogen) atoms. The van der Waals surface area contributed by atoms with Crippen molar-refractivity contribution in [2.24, 2.45) is 4.99 Å². The van der Waals surface area contributed by atoms with Gasteiger partial charge in [0.25, 0.3) is 0 Å². The Morgan fingerprint density at radius 2 is 1.06 bits per heavy atom. The van der Waals surface area contributed by atoms with Crippen molar-refractivity contribution in [2.75, 3.05) is 0 Å². The smallest absolute Gasteiger partial charge is 0.211 e. The molecule has 0 aromatic heterocycles. The van der Waals surface area contributed by atoms with Crippen LogP contribution in [-0.2, 0) is 4.79 Å². The van der Waals surface area contributed by atoms with E-state index in [1.807, 2.05) is 6.08 Å². The van der Waals surface area contributed by atoms with Crippen molar-refractivity contribution in [1.82, 2.24) is 0 Å². The summed E-state index contributed by atoms with van der Waals surface area (Å²) in [6.45, 7) is 23.4. The summed E-state index contributed by atoms with van der Waals surface area (Å²) in [5, 5.41) is 0. The van der Waals surface area contributed by atoms with Gasteiger partial charge < -0.3 is 0 Å². The largest absolute Gasteiger partial charge is 0.234 e. The van der Waals surface area contributed by atoms with Gasteiger partial charge >= 0.3 is 0 Å². The van der Waals surface area contributed by atoms with Crippen molar-refractivity contribution in [1.29, 1.82) is 0 Å². The molecular formula is C12H31NOSi4. The summed E-state index contributed by atoms with van der Waals surface area (Å²) in [4.78, 5) is 15.1. The zero-order chi connectivity index (χ0) is 15.0. The van der Waals surface area contributed by atoms with E-state index < -0.39 is 29.4 Å². The Kier molecular flexibility index (Phi) is 5.40. The molecule has 0 aliphatic heterocycles. The minimum atomic E-state index is -1.54. The summed E-state index contributed by atoms with van der Waals surface area (Å²) in [7, 11) is -3.96. The Morgan fingerprint density at radius 3 is 1.22 bits per heavy atom. The molecular weight excluding hydrogens is 286 g/mol. The maximum Gasteiger partial charge on any atom is 0.234 e. The van der Waals surface area contributed by atoms with E-state index in [0.717, 1.165) is 0 Å². The van der Waals surface area contributed by atoms with Crippen molar-refractivity contribution < 1.29 is 4.79 Å². The van der Waals surface area contributed by atoms with Gasteiger partial charge in [0.05, 0.1) is 6.63 Å². The first-order valence-corrected chi connectivity index (χ1v) is 22.4. The fourth-order valence-electron chi connectivity index (χ4n) is 5.43. The van der Waals surface area contributed by atoms with Gasteiger partial charge in [0.15, 0.2) is 0 Å². The van der Waals surface area contributed by atoms with E-state index in [1.54, 1.807) is 0 Å². The first-order chi connectivity index (χ1) is 7.73. The molecule has 0 saturated heterocycles. The third kappa shape index (κ3) is 2.87. The van der Waals surface area contributed by atoms with Crippen molar-refractivity contribution in [3.05, 3.63) is 0 Å². The van der Waals surface area contributed by atoms with Crippen molar-refractivity contribution >= 4 is 35.5 Å². The van der Waals surface area contributed by atoms with Gasteiger partial charge in [-0.25, -0.2) is 9.79 Å². The highest BCUT2D eigenvalue weighted by molar-refractivity contribution is 7.89. The molecule has 0 radical (unpaired) electrons. The van der Waals surface area contributed by atoms with Crippen LogP contribution >= 0.6 is 0 Å². The molecule has 0 N–H and O–H groups in total. The molecule has 0 saturated carbocycles. The van der Waals surface area contributed by atoms with Crippen molar-refractivity contribution in [2.45, 2.75) is 71.5 Å². The van der Waals surface area contributed by atoms with Gasteiger partial charge in [0, 0.05) is 28.4 Å². The highest BCUT2D eigenvalue weighted by Crippen LogP contribution is 2.40. The molecule has 0 bridgehead atoms. The summed E-state index contributed by atoms with van der Waals surface area (Å²) in [5.41, 5.74) is 0.264.